The van der Waals surface area contributed by atoms with Gasteiger partial charge in [0.05, 0.1) is 6.54 Å². The number of aliphatic imine (C=N–C) groups is 1. The van der Waals surface area contributed by atoms with E-state index in [2.05, 4.69) is 30.1 Å². The van der Waals surface area contributed by atoms with Crippen LogP contribution in [0.25, 0.3) is 0 Å². The van der Waals surface area contributed by atoms with E-state index >= 15 is 0 Å². The molecule has 2 heteroatoms. The molecule has 72 valence electrons. The zero-order valence-electron chi connectivity index (χ0n) is 8.29. The second-order valence-corrected chi connectivity index (χ2v) is 3.88. The lowest BCUT2D eigenvalue weighted by Gasteiger charge is -2.05. The van der Waals surface area contributed by atoms with Crippen molar-refractivity contribution in [1.29, 1.82) is 0 Å². The average molecular weight is 187 g/mol. The van der Waals surface area contributed by atoms with Gasteiger partial charge in [-0.2, -0.15) is 0 Å². The molecule has 0 aliphatic heterocycles. The molecule has 0 saturated carbocycles. The second-order valence-electron chi connectivity index (χ2n) is 3.88. The molecule has 0 saturated heterocycles. The average Bonchev–Trinajstić information content (AvgIpc) is 2.57. The van der Waals surface area contributed by atoms with Crippen molar-refractivity contribution in [3.8, 4) is 0 Å². The van der Waals surface area contributed by atoms with Crippen molar-refractivity contribution in [2.75, 3.05) is 0 Å². The smallest absolute Gasteiger partial charge is 0.211 e. The first-order valence-corrected chi connectivity index (χ1v) is 4.96. The molecule has 0 N–H and O–H groups in total. The first kappa shape index (κ1) is 9.17. The summed E-state index contributed by atoms with van der Waals surface area (Å²) in [5.41, 5.74) is 4.00. The monoisotopic (exact) mass is 187 g/mol. The second kappa shape index (κ2) is 3.77. The predicted molar refractivity (Wildman–Crippen MR) is 55.0 cm³/mol. The van der Waals surface area contributed by atoms with Gasteiger partial charge in [-0.3, -0.25) is 0 Å². The molecule has 2 rings (SSSR count). The summed E-state index contributed by atoms with van der Waals surface area (Å²) in [5.74, 6) is 0.658. The molecule has 0 fully saturated rings. The number of hydrogen-bond donors (Lipinski definition) is 0. The minimum atomic E-state index is 0.462. The molecular weight excluding hydrogens is 174 g/mol. The third-order valence-electron chi connectivity index (χ3n) is 2.91. The van der Waals surface area contributed by atoms with Crippen molar-refractivity contribution in [3.05, 3.63) is 34.9 Å². The minimum Gasteiger partial charge on any atom is -0.211 e. The number of carbonyl (C=O) groups excluding carboxylic acids is 1. The van der Waals surface area contributed by atoms with Crippen molar-refractivity contribution in [2.24, 2.45) is 4.99 Å². The summed E-state index contributed by atoms with van der Waals surface area (Å²) in [6.45, 7) is 2.71. The zero-order chi connectivity index (χ0) is 9.97. The lowest BCUT2D eigenvalue weighted by molar-refractivity contribution is 0.563. The molecule has 0 spiro atoms. The summed E-state index contributed by atoms with van der Waals surface area (Å²) in [7, 11) is 0. The number of rotatable bonds is 2. The lowest BCUT2D eigenvalue weighted by atomic mass is 10.0. The summed E-state index contributed by atoms with van der Waals surface area (Å²) < 4.78 is 0. The first-order chi connectivity index (χ1) is 6.81. The summed E-state index contributed by atoms with van der Waals surface area (Å²) >= 11 is 0. The van der Waals surface area contributed by atoms with Crippen LogP contribution < -0.4 is 0 Å². The summed E-state index contributed by atoms with van der Waals surface area (Å²) in [4.78, 5) is 13.6. The summed E-state index contributed by atoms with van der Waals surface area (Å²) in [5, 5.41) is 0. The topological polar surface area (TPSA) is 29.4 Å². The molecular formula is C12H13NO. The van der Waals surface area contributed by atoms with Crippen LogP contribution in [0.1, 0.15) is 36.0 Å². The van der Waals surface area contributed by atoms with Crippen molar-refractivity contribution in [2.45, 2.75) is 32.2 Å². The number of isocyanates is 1. The van der Waals surface area contributed by atoms with Crippen LogP contribution in [0.4, 0.5) is 0 Å². The molecule has 0 amide bonds. The fourth-order valence-corrected chi connectivity index (χ4v) is 2.08. The third-order valence-corrected chi connectivity index (χ3v) is 2.91. The van der Waals surface area contributed by atoms with Gasteiger partial charge in [0.15, 0.2) is 0 Å². The highest BCUT2D eigenvalue weighted by Crippen LogP contribution is 2.33. The minimum absolute atomic E-state index is 0.462. The molecule has 0 heterocycles. The summed E-state index contributed by atoms with van der Waals surface area (Å²) in [6.07, 6.45) is 4.00. The van der Waals surface area contributed by atoms with Gasteiger partial charge in [-0.05, 0) is 35.4 Å². The Morgan fingerprint density at radius 1 is 1.57 bits per heavy atom. The van der Waals surface area contributed by atoms with Gasteiger partial charge in [-0.1, -0.05) is 25.1 Å². The SMILES string of the molecule is CC1CCc2ccc(CN=C=O)cc21. The van der Waals surface area contributed by atoms with Gasteiger partial charge in [0, 0.05) is 0 Å². The maximum atomic E-state index is 9.98. The molecule has 1 unspecified atom stereocenters. The van der Waals surface area contributed by atoms with Gasteiger partial charge in [0.2, 0.25) is 6.08 Å². The Balaban J connectivity index is 2.30. The standard InChI is InChI=1S/C12H13NO/c1-9-2-4-11-5-3-10(6-12(9)11)7-13-8-14/h3,5-6,9H,2,4,7H2,1H3. The molecule has 1 aliphatic rings. The van der Waals surface area contributed by atoms with Crippen LogP contribution in [0.2, 0.25) is 0 Å². The van der Waals surface area contributed by atoms with E-state index in [1.54, 1.807) is 6.08 Å². The van der Waals surface area contributed by atoms with Crippen molar-refractivity contribution in [1.82, 2.24) is 0 Å². The number of nitrogens with zero attached hydrogens (tertiary/aromatic N) is 1. The Bertz CT molecular complexity index is 391. The molecule has 0 aromatic heterocycles. The van der Waals surface area contributed by atoms with Gasteiger partial charge in [0.25, 0.3) is 0 Å². The Labute approximate surface area is 83.7 Å². The van der Waals surface area contributed by atoms with Crippen LogP contribution in [-0.4, -0.2) is 6.08 Å². The highest BCUT2D eigenvalue weighted by atomic mass is 16.1. The largest absolute Gasteiger partial charge is 0.235 e. The molecule has 1 atom stereocenters. The summed E-state index contributed by atoms with van der Waals surface area (Å²) in [6, 6.07) is 6.39. The molecule has 1 aromatic carbocycles. The number of hydrogen-bond acceptors (Lipinski definition) is 2. The number of benzene rings is 1. The van der Waals surface area contributed by atoms with E-state index in [1.807, 2.05) is 0 Å². The van der Waals surface area contributed by atoms with E-state index in [4.69, 9.17) is 0 Å². The fraction of sp³-hybridized carbons (Fsp3) is 0.417. The zero-order valence-corrected chi connectivity index (χ0v) is 8.29. The first-order valence-electron chi connectivity index (χ1n) is 4.96. The Morgan fingerprint density at radius 3 is 3.21 bits per heavy atom. The Kier molecular flexibility index (Phi) is 2.47. The number of fused-ring (bicyclic) bond motifs is 1. The molecule has 2 nitrogen and oxygen atoms in total. The van der Waals surface area contributed by atoms with Crippen LogP contribution in [0.3, 0.4) is 0 Å². The maximum Gasteiger partial charge on any atom is 0.235 e. The van der Waals surface area contributed by atoms with Crippen molar-refractivity contribution >= 4 is 6.08 Å². The van der Waals surface area contributed by atoms with Crippen LogP contribution in [0.5, 0.6) is 0 Å². The Morgan fingerprint density at radius 2 is 2.43 bits per heavy atom. The van der Waals surface area contributed by atoms with Crippen LogP contribution in [0, 0.1) is 0 Å². The van der Waals surface area contributed by atoms with E-state index in [1.165, 1.54) is 24.0 Å². The Hall–Kier alpha value is -1.40. The predicted octanol–water partition coefficient (Wildman–Crippen LogP) is 2.57. The molecule has 1 aromatic rings. The van der Waals surface area contributed by atoms with E-state index in [0.29, 0.717) is 12.5 Å². The number of aryl methyl sites for hydroxylation is 1. The van der Waals surface area contributed by atoms with E-state index in [0.717, 1.165) is 5.56 Å². The highest BCUT2D eigenvalue weighted by Gasteiger charge is 2.18. The van der Waals surface area contributed by atoms with E-state index < -0.39 is 0 Å². The van der Waals surface area contributed by atoms with Crippen LogP contribution >= 0.6 is 0 Å². The van der Waals surface area contributed by atoms with Crippen LogP contribution in [0.15, 0.2) is 23.2 Å². The van der Waals surface area contributed by atoms with E-state index in [-0.39, 0.29) is 0 Å². The van der Waals surface area contributed by atoms with Crippen molar-refractivity contribution in [3.63, 3.8) is 0 Å². The lowest BCUT2D eigenvalue weighted by Crippen LogP contribution is -1.89. The van der Waals surface area contributed by atoms with E-state index in [9.17, 15) is 4.79 Å². The normalized spacial score (nSPS) is 18.8. The molecule has 14 heavy (non-hydrogen) atoms. The maximum absolute atomic E-state index is 9.98. The van der Waals surface area contributed by atoms with Crippen LogP contribution in [-0.2, 0) is 17.8 Å². The van der Waals surface area contributed by atoms with Gasteiger partial charge in [-0.15, -0.1) is 0 Å². The molecule has 1 aliphatic carbocycles. The third kappa shape index (κ3) is 1.61. The van der Waals surface area contributed by atoms with Crippen molar-refractivity contribution < 1.29 is 4.79 Å². The quantitative estimate of drug-likeness (QED) is 0.517. The van der Waals surface area contributed by atoms with Gasteiger partial charge < -0.3 is 0 Å². The van der Waals surface area contributed by atoms with Gasteiger partial charge >= 0.3 is 0 Å². The highest BCUT2D eigenvalue weighted by molar-refractivity contribution is 5.39. The van der Waals surface area contributed by atoms with Gasteiger partial charge in [0.1, 0.15) is 0 Å². The molecule has 0 radical (unpaired) electrons. The van der Waals surface area contributed by atoms with Gasteiger partial charge in [-0.25, -0.2) is 9.79 Å². The fourth-order valence-electron chi connectivity index (χ4n) is 2.08. The molecule has 0 bridgehead atoms.